The molecule has 3 heterocycles. The van der Waals surface area contributed by atoms with E-state index in [0.717, 1.165) is 0 Å². The molecule has 1 aliphatic heterocycles. The Balaban J connectivity index is 1.62. The Bertz CT molecular complexity index is 1920. The number of fused-ring (bicyclic) bond motifs is 1. The molecular formula is C29H24BrN3O7S. The lowest BCUT2D eigenvalue weighted by Crippen LogP contribution is -2.39. The van der Waals surface area contributed by atoms with Crippen molar-refractivity contribution in [2.75, 3.05) is 13.7 Å². The number of aryl methyl sites for hydroxylation is 1. The lowest BCUT2D eigenvalue weighted by atomic mass is 9.96. The van der Waals surface area contributed by atoms with Crippen molar-refractivity contribution in [3.63, 3.8) is 0 Å². The van der Waals surface area contributed by atoms with Gasteiger partial charge < -0.3 is 13.9 Å². The monoisotopic (exact) mass is 637 g/mol. The van der Waals surface area contributed by atoms with Crippen LogP contribution in [0.15, 0.2) is 78.5 Å². The second-order valence-electron chi connectivity index (χ2n) is 9.15. The standard InChI is InChI=1S/C29H24BrN3O7S/c1-5-39-28(35)25-16(3)31-29-32(26(25)17-6-10-23(38-4)21(30)13-17)27(34)24(41-29)14-19-8-11-22(40-19)20-9-7-18(33(36)37)12-15(20)2/h6-14,26H,5H2,1-4H3/b24-14-. The molecule has 12 heteroatoms. The molecule has 1 unspecified atom stereocenters. The number of ether oxygens (including phenoxy) is 2. The summed E-state index contributed by atoms with van der Waals surface area (Å²) in [5.74, 6) is 0.997. The molecule has 5 rings (SSSR count). The fraction of sp³-hybridized carbons (Fsp3) is 0.207. The molecule has 0 radical (unpaired) electrons. The number of nitro benzene ring substituents is 1. The number of methoxy groups -OCH3 is 1. The fourth-order valence-corrected chi connectivity index (χ4v) is 6.29. The molecule has 0 bridgehead atoms. The molecule has 0 saturated heterocycles. The Morgan fingerprint density at radius 2 is 2.00 bits per heavy atom. The maximum atomic E-state index is 13.8. The topological polar surface area (TPSA) is 126 Å². The largest absolute Gasteiger partial charge is 0.496 e. The van der Waals surface area contributed by atoms with Crippen LogP contribution >= 0.6 is 27.3 Å². The third-order valence-electron chi connectivity index (χ3n) is 6.60. The molecular weight excluding hydrogens is 614 g/mol. The fourth-order valence-electron chi connectivity index (χ4n) is 4.70. The van der Waals surface area contributed by atoms with Crippen LogP contribution in [0.25, 0.3) is 17.4 Å². The van der Waals surface area contributed by atoms with E-state index in [1.807, 2.05) is 6.07 Å². The van der Waals surface area contributed by atoms with Gasteiger partial charge in [0, 0.05) is 23.8 Å². The zero-order valence-corrected chi connectivity index (χ0v) is 24.9. The highest BCUT2D eigenvalue weighted by Gasteiger charge is 2.33. The van der Waals surface area contributed by atoms with E-state index >= 15 is 0 Å². The van der Waals surface area contributed by atoms with Gasteiger partial charge in [-0.2, -0.15) is 0 Å². The zero-order chi connectivity index (χ0) is 29.4. The third-order valence-corrected chi connectivity index (χ3v) is 8.20. The van der Waals surface area contributed by atoms with Gasteiger partial charge in [-0.25, -0.2) is 9.79 Å². The van der Waals surface area contributed by atoms with Crippen LogP contribution in [0, 0.1) is 17.0 Å². The molecule has 0 N–H and O–H groups in total. The Labute approximate surface area is 246 Å². The molecule has 2 aromatic carbocycles. The minimum absolute atomic E-state index is 0.00457. The number of allylic oxidation sites excluding steroid dienone is 1. The number of esters is 1. The summed E-state index contributed by atoms with van der Waals surface area (Å²) in [6.45, 7) is 5.38. The number of rotatable bonds is 7. The van der Waals surface area contributed by atoms with Gasteiger partial charge in [-0.15, -0.1) is 0 Å². The predicted molar refractivity (Wildman–Crippen MR) is 157 cm³/mol. The quantitative estimate of drug-likeness (QED) is 0.158. The normalized spacial score (nSPS) is 15.0. The number of furan rings is 1. The average Bonchev–Trinajstić information content (AvgIpc) is 3.51. The predicted octanol–water partition coefficient (Wildman–Crippen LogP) is 5.05. The molecule has 0 amide bonds. The molecule has 0 aliphatic carbocycles. The van der Waals surface area contributed by atoms with E-state index < -0.39 is 16.9 Å². The summed E-state index contributed by atoms with van der Waals surface area (Å²) in [6, 6.07) is 12.6. The van der Waals surface area contributed by atoms with Crippen LogP contribution in [-0.2, 0) is 9.53 Å². The van der Waals surface area contributed by atoms with Crippen LogP contribution in [0.5, 0.6) is 5.75 Å². The lowest BCUT2D eigenvalue weighted by Gasteiger charge is -2.25. The first-order valence-electron chi connectivity index (χ1n) is 12.5. The Morgan fingerprint density at radius 3 is 2.66 bits per heavy atom. The van der Waals surface area contributed by atoms with Crippen molar-refractivity contribution in [1.29, 1.82) is 0 Å². The van der Waals surface area contributed by atoms with Gasteiger partial charge in [-0.1, -0.05) is 17.4 Å². The van der Waals surface area contributed by atoms with Gasteiger partial charge >= 0.3 is 5.97 Å². The van der Waals surface area contributed by atoms with E-state index in [1.165, 1.54) is 28.0 Å². The Kier molecular flexibility index (Phi) is 7.78. The van der Waals surface area contributed by atoms with E-state index in [9.17, 15) is 19.7 Å². The van der Waals surface area contributed by atoms with Crippen molar-refractivity contribution >= 4 is 45.0 Å². The number of nitro groups is 1. The van der Waals surface area contributed by atoms with Gasteiger partial charge in [-0.05, 0) is 78.2 Å². The van der Waals surface area contributed by atoms with Crippen LogP contribution in [0.2, 0.25) is 0 Å². The Hall–Kier alpha value is -4.29. The van der Waals surface area contributed by atoms with Crippen LogP contribution in [0.1, 0.15) is 36.8 Å². The van der Waals surface area contributed by atoms with Gasteiger partial charge in [-0.3, -0.25) is 19.5 Å². The number of nitrogens with zero attached hydrogens (tertiary/aromatic N) is 3. The minimum Gasteiger partial charge on any atom is -0.496 e. The molecule has 0 spiro atoms. The third kappa shape index (κ3) is 5.27. The summed E-state index contributed by atoms with van der Waals surface area (Å²) >= 11 is 4.69. The second-order valence-corrected chi connectivity index (χ2v) is 11.0. The van der Waals surface area contributed by atoms with Crippen molar-refractivity contribution in [3.05, 3.63) is 111 Å². The van der Waals surface area contributed by atoms with Crippen molar-refractivity contribution in [2.45, 2.75) is 26.8 Å². The molecule has 10 nitrogen and oxygen atoms in total. The molecule has 0 saturated carbocycles. The smallest absolute Gasteiger partial charge is 0.338 e. The number of non-ortho nitro benzene ring substituents is 1. The number of aromatic nitrogens is 1. The minimum atomic E-state index is -0.774. The van der Waals surface area contributed by atoms with Gasteiger partial charge in [0.25, 0.3) is 11.2 Å². The molecule has 1 aliphatic rings. The second kappa shape index (κ2) is 11.3. The lowest BCUT2D eigenvalue weighted by molar-refractivity contribution is -0.384. The number of hydrogen-bond donors (Lipinski definition) is 0. The van der Waals surface area contributed by atoms with Gasteiger partial charge in [0.2, 0.25) is 0 Å². The highest BCUT2D eigenvalue weighted by Crippen LogP contribution is 2.35. The zero-order valence-electron chi connectivity index (χ0n) is 22.5. The van der Waals surface area contributed by atoms with Gasteiger partial charge in [0.05, 0.1) is 45.0 Å². The maximum absolute atomic E-state index is 13.8. The number of hydrogen-bond acceptors (Lipinski definition) is 9. The Morgan fingerprint density at radius 1 is 1.22 bits per heavy atom. The van der Waals surface area contributed by atoms with E-state index in [-0.39, 0.29) is 23.4 Å². The van der Waals surface area contributed by atoms with Crippen LogP contribution in [-0.4, -0.2) is 29.2 Å². The summed E-state index contributed by atoms with van der Waals surface area (Å²) in [4.78, 5) is 42.6. The van der Waals surface area contributed by atoms with Gasteiger partial charge in [0.15, 0.2) is 4.80 Å². The van der Waals surface area contributed by atoms with Crippen molar-refractivity contribution < 1.29 is 23.6 Å². The molecule has 210 valence electrons. The van der Waals surface area contributed by atoms with Crippen LogP contribution < -0.4 is 19.6 Å². The molecule has 1 atom stereocenters. The number of thiazole rings is 1. The summed E-state index contributed by atoms with van der Waals surface area (Å²) in [5.41, 5.74) is 2.46. The van der Waals surface area contributed by atoms with E-state index in [2.05, 4.69) is 20.9 Å². The summed E-state index contributed by atoms with van der Waals surface area (Å²) in [5, 5.41) is 11.1. The van der Waals surface area contributed by atoms with Gasteiger partial charge in [0.1, 0.15) is 17.3 Å². The maximum Gasteiger partial charge on any atom is 0.338 e. The van der Waals surface area contributed by atoms with E-state index in [1.54, 1.807) is 64.3 Å². The number of carbonyl (C=O) groups is 1. The first-order valence-corrected chi connectivity index (χ1v) is 14.1. The van der Waals surface area contributed by atoms with E-state index in [0.29, 0.717) is 53.5 Å². The van der Waals surface area contributed by atoms with Crippen LogP contribution in [0.3, 0.4) is 0 Å². The molecule has 4 aromatic rings. The highest BCUT2D eigenvalue weighted by atomic mass is 79.9. The summed E-state index contributed by atoms with van der Waals surface area (Å²) < 4.78 is 19.2. The molecule has 2 aromatic heterocycles. The number of halogens is 1. The summed E-state index contributed by atoms with van der Waals surface area (Å²) in [7, 11) is 1.56. The van der Waals surface area contributed by atoms with Crippen LogP contribution in [0.4, 0.5) is 5.69 Å². The number of benzene rings is 2. The van der Waals surface area contributed by atoms with Crippen molar-refractivity contribution in [1.82, 2.24) is 4.57 Å². The molecule has 41 heavy (non-hydrogen) atoms. The number of carbonyl (C=O) groups excluding carboxylic acids is 1. The molecule has 0 fully saturated rings. The average molecular weight is 638 g/mol. The van der Waals surface area contributed by atoms with E-state index in [4.69, 9.17) is 13.9 Å². The summed E-state index contributed by atoms with van der Waals surface area (Å²) in [6.07, 6.45) is 1.62. The highest BCUT2D eigenvalue weighted by molar-refractivity contribution is 9.10. The SMILES string of the molecule is CCOC(=O)C1=C(C)N=c2s/c(=C\c3ccc(-c4ccc([N+](=O)[O-])cc4C)o3)c(=O)n2C1c1ccc(OC)c(Br)c1. The van der Waals surface area contributed by atoms with Crippen molar-refractivity contribution in [2.24, 2.45) is 4.99 Å². The van der Waals surface area contributed by atoms with Crippen molar-refractivity contribution in [3.8, 4) is 17.1 Å². The first kappa shape index (κ1) is 28.2. The first-order chi connectivity index (χ1) is 19.6.